The summed E-state index contributed by atoms with van der Waals surface area (Å²) >= 11 is 0. The monoisotopic (exact) mass is 376 g/mol. The highest BCUT2D eigenvalue weighted by molar-refractivity contribution is 5.95. The number of hydrogen-bond acceptors (Lipinski definition) is 4. The molecule has 0 saturated carbocycles. The Morgan fingerprint density at radius 1 is 1.25 bits per heavy atom. The van der Waals surface area contributed by atoms with E-state index in [4.69, 9.17) is 0 Å². The second kappa shape index (κ2) is 7.26. The molecule has 0 bridgehead atoms. The molecule has 2 aromatic heterocycles. The molecule has 1 aromatic carbocycles. The van der Waals surface area contributed by atoms with Crippen LogP contribution in [0.25, 0.3) is 5.69 Å². The lowest BCUT2D eigenvalue weighted by Crippen LogP contribution is -2.33. The zero-order valence-electron chi connectivity index (χ0n) is 15.5. The Morgan fingerprint density at radius 2 is 2.11 bits per heavy atom. The highest BCUT2D eigenvalue weighted by atomic mass is 16.2. The third-order valence-corrected chi connectivity index (χ3v) is 5.07. The molecule has 0 aliphatic heterocycles. The van der Waals surface area contributed by atoms with Crippen LogP contribution in [0.1, 0.15) is 39.2 Å². The minimum absolute atomic E-state index is 0.0667. The topological polar surface area (TPSA) is 96.9 Å². The molecule has 2 N–H and O–H groups in total. The van der Waals surface area contributed by atoms with Gasteiger partial charge in [0.25, 0.3) is 17.0 Å². The number of amides is 1. The summed E-state index contributed by atoms with van der Waals surface area (Å²) in [4.78, 5) is 43.6. The average molecular weight is 376 g/mol. The molecule has 3 aromatic rings. The van der Waals surface area contributed by atoms with Crippen LogP contribution in [-0.4, -0.2) is 20.4 Å². The fourth-order valence-electron chi connectivity index (χ4n) is 3.68. The fourth-order valence-corrected chi connectivity index (χ4v) is 3.68. The molecular formula is C21H20N4O3. The lowest BCUT2D eigenvalue weighted by Gasteiger charge is -2.14. The van der Waals surface area contributed by atoms with Crippen LogP contribution >= 0.6 is 0 Å². The maximum absolute atomic E-state index is 13.1. The number of nitrogens with one attached hydrogen (secondary N) is 2. The molecule has 142 valence electrons. The fraction of sp³-hybridized carbons (Fsp3) is 0.238. The SMILES string of the molecule is Cc1ccn(-c2cccc3c2CCC3)c(=O)c1C(=O)NCc1cc(=O)[nH]cn1. The average Bonchev–Trinajstić information content (AvgIpc) is 3.16. The summed E-state index contributed by atoms with van der Waals surface area (Å²) in [5.74, 6) is -0.480. The van der Waals surface area contributed by atoms with Gasteiger partial charge in [0.2, 0.25) is 0 Å². The lowest BCUT2D eigenvalue weighted by atomic mass is 10.1. The van der Waals surface area contributed by atoms with E-state index in [0.717, 1.165) is 24.9 Å². The Hall–Kier alpha value is -3.48. The van der Waals surface area contributed by atoms with Gasteiger partial charge >= 0.3 is 0 Å². The molecule has 28 heavy (non-hydrogen) atoms. The summed E-state index contributed by atoms with van der Waals surface area (Å²) in [6.45, 7) is 1.80. The molecular weight excluding hydrogens is 356 g/mol. The number of fused-ring (bicyclic) bond motifs is 1. The van der Waals surface area contributed by atoms with Crippen molar-refractivity contribution in [3.63, 3.8) is 0 Å². The predicted molar refractivity (Wildman–Crippen MR) is 105 cm³/mol. The Morgan fingerprint density at radius 3 is 2.93 bits per heavy atom. The van der Waals surface area contributed by atoms with E-state index >= 15 is 0 Å². The Kier molecular flexibility index (Phi) is 4.65. The van der Waals surface area contributed by atoms with Crippen molar-refractivity contribution >= 4 is 5.91 Å². The number of rotatable bonds is 4. The molecule has 1 amide bonds. The minimum Gasteiger partial charge on any atom is -0.346 e. The summed E-state index contributed by atoms with van der Waals surface area (Å²) in [5, 5.41) is 2.69. The number of aryl methyl sites for hydroxylation is 2. The molecule has 0 saturated heterocycles. The number of hydrogen-bond donors (Lipinski definition) is 2. The van der Waals surface area contributed by atoms with Crippen molar-refractivity contribution in [1.29, 1.82) is 0 Å². The lowest BCUT2D eigenvalue weighted by molar-refractivity contribution is 0.0948. The first-order valence-corrected chi connectivity index (χ1v) is 9.20. The number of carbonyl (C=O) groups is 1. The molecule has 7 heteroatoms. The summed E-state index contributed by atoms with van der Waals surface area (Å²) in [7, 11) is 0. The van der Waals surface area contributed by atoms with Crippen LogP contribution in [-0.2, 0) is 19.4 Å². The van der Waals surface area contributed by atoms with Gasteiger partial charge < -0.3 is 10.3 Å². The van der Waals surface area contributed by atoms with Gasteiger partial charge in [-0.3, -0.25) is 19.0 Å². The molecule has 0 radical (unpaired) electrons. The molecule has 0 unspecified atom stereocenters. The maximum Gasteiger partial charge on any atom is 0.268 e. The molecule has 0 fully saturated rings. The zero-order valence-corrected chi connectivity index (χ0v) is 15.5. The molecule has 0 atom stereocenters. The van der Waals surface area contributed by atoms with Crippen LogP contribution in [0.15, 0.2) is 52.4 Å². The van der Waals surface area contributed by atoms with Crippen molar-refractivity contribution in [1.82, 2.24) is 19.9 Å². The summed E-state index contributed by atoms with van der Waals surface area (Å²) in [6.07, 6.45) is 6.02. The van der Waals surface area contributed by atoms with E-state index in [1.165, 1.54) is 23.5 Å². The number of benzene rings is 1. The Bertz CT molecular complexity index is 1180. The molecule has 2 heterocycles. The zero-order chi connectivity index (χ0) is 19.7. The smallest absolute Gasteiger partial charge is 0.268 e. The van der Waals surface area contributed by atoms with Gasteiger partial charge in [0.15, 0.2) is 0 Å². The van der Waals surface area contributed by atoms with Crippen molar-refractivity contribution in [2.45, 2.75) is 32.7 Å². The minimum atomic E-state index is -0.480. The molecule has 1 aliphatic rings. The first kappa shape index (κ1) is 17.9. The van der Waals surface area contributed by atoms with Gasteiger partial charge in [-0.15, -0.1) is 0 Å². The van der Waals surface area contributed by atoms with E-state index in [1.54, 1.807) is 23.8 Å². The molecule has 7 nitrogen and oxygen atoms in total. The predicted octanol–water partition coefficient (Wildman–Crippen LogP) is 1.65. The van der Waals surface area contributed by atoms with Gasteiger partial charge in [-0.1, -0.05) is 12.1 Å². The summed E-state index contributed by atoms with van der Waals surface area (Å²) in [5.41, 5.74) is 3.75. The van der Waals surface area contributed by atoms with E-state index in [2.05, 4.69) is 21.4 Å². The number of H-pyrrole nitrogens is 1. The normalized spacial score (nSPS) is 12.6. The largest absolute Gasteiger partial charge is 0.346 e. The van der Waals surface area contributed by atoms with Crippen molar-refractivity contribution in [3.8, 4) is 5.69 Å². The summed E-state index contributed by atoms with van der Waals surface area (Å²) in [6, 6.07) is 9.04. The van der Waals surface area contributed by atoms with Gasteiger partial charge in [-0.25, -0.2) is 4.98 Å². The number of carbonyl (C=O) groups excluding carboxylic acids is 1. The van der Waals surface area contributed by atoms with Crippen LogP contribution in [0.2, 0.25) is 0 Å². The third-order valence-electron chi connectivity index (χ3n) is 5.07. The van der Waals surface area contributed by atoms with Gasteiger partial charge in [0.05, 0.1) is 24.3 Å². The van der Waals surface area contributed by atoms with Crippen molar-refractivity contribution in [2.75, 3.05) is 0 Å². The van der Waals surface area contributed by atoms with Crippen molar-refractivity contribution in [2.24, 2.45) is 0 Å². The third kappa shape index (κ3) is 3.26. The van der Waals surface area contributed by atoms with Gasteiger partial charge in [-0.05, 0) is 55.0 Å². The molecule has 1 aliphatic carbocycles. The van der Waals surface area contributed by atoms with Crippen LogP contribution in [0.5, 0.6) is 0 Å². The van der Waals surface area contributed by atoms with E-state index in [9.17, 15) is 14.4 Å². The molecule has 0 spiro atoms. The first-order valence-electron chi connectivity index (χ1n) is 9.20. The van der Waals surface area contributed by atoms with Gasteiger partial charge in [0, 0.05) is 12.3 Å². The number of aromatic nitrogens is 3. The van der Waals surface area contributed by atoms with Gasteiger partial charge in [0.1, 0.15) is 5.56 Å². The highest BCUT2D eigenvalue weighted by Crippen LogP contribution is 2.27. The van der Waals surface area contributed by atoms with Crippen molar-refractivity contribution < 1.29 is 4.79 Å². The number of pyridine rings is 1. The van der Waals surface area contributed by atoms with Crippen LogP contribution < -0.4 is 16.4 Å². The Balaban J connectivity index is 1.68. The van der Waals surface area contributed by atoms with Crippen LogP contribution in [0, 0.1) is 6.92 Å². The maximum atomic E-state index is 13.1. The van der Waals surface area contributed by atoms with E-state index in [-0.39, 0.29) is 23.2 Å². The second-order valence-electron chi connectivity index (χ2n) is 6.90. The van der Waals surface area contributed by atoms with Crippen molar-refractivity contribution in [3.05, 3.63) is 91.5 Å². The first-order chi connectivity index (χ1) is 13.5. The van der Waals surface area contributed by atoms with Crippen LogP contribution in [0.4, 0.5) is 0 Å². The standard InChI is InChI=1S/C21H20N4O3/c1-13-8-9-25(17-7-3-5-14-4-2-6-16(14)17)21(28)19(13)20(27)22-11-15-10-18(26)24-12-23-15/h3,5,7-10,12H,2,4,6,11H2,1H3,(H,22,27)(H,23,24,26). The molecule has 4 rings (SSSR count). The number of nitrogens with zero attached hydrogens (tertiary/aromatic N) is 2. The quantitative estimate of drug-likeness (QED) is 0.724. The Labute approximate surface area is 161 Å². The van der Waals surface area contributed by atoms with Gasteiger partial charge in [-0.2, -0.15) is 0 Å². The highest BCUT2D eigenvalue weighted by Gasteiger charge is 2.20. The van der Waals surface area contributed by atoms with E-state index in [0.29, 0.717) is 11.3 Å². The van der Waals surface area contributed by atoms with Crippen LogP contribution in [0.3, 0.4) is 0 Å². The number of aromatic amines is 1. The van der Waals surface area contributed by atoms with E-state index < -0.39 is 5.91 Å². The second-order valence-corrected chi connectivity index (χ2v) is 6.90. The van der Waals surface area contributed by atoms with E-state index in [1.807, 2.05) is 12.1 Å². The summed E-state index contributed by atoms with van der Waals surface area (Å²) < 4.78 is 1.55.